The van der Waals surface area contributed by atoms with Gasteiger partial charge in [-0.15, -0.1) is 0 Å². The second-order valence-electron chi connectivity index (χ2n) is 8.47. The first kappa shape index (κ1) is 20.6. The fourth-order valence-corrected chi connectivity index (χ4v) is 5.22. The summed E-state index contributed by atoms with van der Waals surface area (Å²) in [5.74, 6) is -0.283. The molecule has 2 heterocycles. The first-order chi connectivity index (χ1) is 13.1. The zero-order chi connectivity index (χ0) is 20.5. The monoisotopic (exact) mass is 403 g/mol. The molecular weight excluding hydrogens is 374 g/mol. The average Bonchev–Trinajstić information content (AvgIpc) is 3.29. The van der Waals surface area contributed by atoms with Crippen molar-refractivity contribution in [2.75, 3.05) is 13.1 Å². The molecule has 1 aliphatic heterocycles. The third-order valence-corrected chi connectivity index (χ3v) is 7.05. The van der Waals surface area contributed by atoms with E-state index in [1.54, 1.807) is 11.6 Å². The number of sulfonamides is 1. The minimum absolute atomic E-state index is 0.175. The van der Waals surface area contributed by atoms with Crippen LogP contribution in [-0.4, -0.2) is 36.3 Å². The maximum absolute atomic E-state index is 13.0. The predicted octanol–water partition coefficient (Wildman–Crippen LogP) is 3.33. The Bertz CT molecular complexity index is 937. The number of hydrogen-bond acceptors (Lipinski definition) is 3. The number of hydrogen-bond donors (Lipinski definition) is 1. The number of rotatable bonds is 5. The molecule has 3 rings (SSSR count). The molecule has 28 heavy (non-hydrogen) atoms. The number of carbonyl (C=O) groups is 1. The van der Waals surface area contributed by atoms with Gasteiger partial charge in [0.2, 0.25) is 10.0 Å². The molecule has 1 aliphatic rings. The Morgan fingerprint density at radius 2 is 1.71 bits per heavy atom. The summed E-state index contributed by atoms with van der Waals surface area (Å²) in [6, 6.07) is 11.1. The summed E-state index contributed by atoms with van der Waals surface area (Å²) in [5, 5.41) is 3.10. The molecule has 1 unspecified atom stereocenters. The Morgan fingerprint density at radius 3 is 2.29 bits per heavy atom. The van der Waals surface area contributed by atoms with Gasteiger partial charge in [0.25, 0.3) is 5.91 Å². The van der Waals surface area contributed by atoms with Gasteiger partial charge in [0, 0.05) is 26.3 Å². The number of aromatic nitrogens is 1. The van der Waals surface area contributed by atoms with E-state index in [2.05, 4.69) is 26.1 Å². The van der Waals surface area contributed by atoms with E-state index in [1.807, 2.05) is 30.3 Å². The zero-order valence-electron chi connectivity index (χ0n) is 17.0. The van der Waals surface area contributed by atoms with Crippen LogP contribution in [0.5, 0.6) is 0 Å². The quantitative estimate of drug-likeness (QED) is 0.832. The summed E-state index contributed by atoms with van der Waals surface area (Å²) in [5.41, 5.74) is 1.15. The molecule has 0 radical (unpaired) electrons. The van der Waals surface area contributed by atoms with E-state index in [1.165, 1.54) is 16.6 Å². The van der Waals surface area contributed by atoms with E-state index >= 15 is 0 Å². The maximum atomic E-state index is 13.0. The summed E-state index contributed by atoms with van der Waals surface area (Å²) in [6.07, 6.45) is 3.28. The van der Waals surface area contributed by atoms with Crippen LogP contribution in [0, 0.1) is 5.41 Å². The Morgan fingerprint density at radius 1 is 1.11 bits per heavy atom. The first-order valence-corrected chi connectivity index (χ1v) is 11.1. The van der Waals surface area contributed by atoms with Gasteiger partial charge in [0.15, 0.2) is 0 Å². The summed E-state index contributed by atoms with van der Waals surface area (Å²) in [6.45, 7) is 7.29. The van der Waals surface area contributed by atoms with E-state index in [0.29, 0.717) is 18.8 Å². The third kappa shape index (κ3) is 4.15. The summed E-state index contributed by atoms with van der Waals surface area (Å²) >= 11 is 0. The lowest BCUT2D eigenvalue weighted by Crippen LogP contribution is -2.37. The van der Waals surface area contributed by atoms with Gasteiger partial charge in [0.1, 0.15) is 10.6 Å². The van der Waals surface area contributed by atoms with Crippen molar-refractivity contribution in [1.29, 1.82) is 0 Å². The van der Waals surface area contributed by atoms with Gasteiger partial charge in [-0.25, -0.2) is 8.42 Å². The van der Waals surface area contributed by atoms with Crippen LogP contribution >= 0.6 is 0 Å². The number of nitrogens with one attached hydrogen (secondary N) is 1. The van der Waals surface area contributed by atoms with Crippen molar-refractivity contribution in [2.24, 2.45) is 12.5 Å². The molecule has 0 saturated carbocycles. The summed E-state index contributed by atoms with van der Waals surface area (Å²) in [7, 11) is -1.85. The van der Waals surface area contributed by atoms with E-state index < -0.39 is 10.0 Å². The number of benzene rings is 1. The van der Waals surface area contributed by atoms with Crippen molar-refractivity contribution >= 4 is 15.9 Å². The molecule has 7 heteroatoms. The number of carbonyl (C=O) groups excluding carboxylic acids is 1. The van der Waals surface area contributed by atoms with Gasteiger partial charge in [0.05, 0.1) is 6.04 Å². The molecular formula is C21H29N3O3S. The summed E-state index contributed by atoms with van der Waals surface area (Å²) in [4.78, 5) is 13.2. The van der Waals surface area contributed by atoms with Crippen molar-refractivity contribution in [3.8, 4) is 0 Å². The van der Waals surface area contributed by atoms with E-state index in [0.717, 1.165) is 18.4 Å². The second-order valence-corrected chi connectivity index (χ2v) is 10.4. The Balaban J connectivity index is 1.87. The molecule has 0 bridgehead atoms. The highest BCUT2D eigenvalue weighted by Gasteiger charge is 2.31. The normalized spacial score (nSPS) is 16.9. The van der Waals surface area contributed by atoms with Gasteiger partial charge in [-0.05, 0) is 29.9 Å². The number of aryl methyl sites for hydroxylation is 1. The molecule has 152 valence electrons. The predicted molar refractivity (Wildman–Crippen MR) is 110 cm³/mol. The molecule has 1 amide bonds. The van der Waals surface area contributed by atoms with Crippen molar-refractivity contribution in [3.63, 3.8) is 0 Å². The molecule has 1 saturated heterocycles. The Kier molecular flexibility index (Phi) is 5.68. The highest BCUT2D eigenvalue weighted by atomic mass is 32.2. The van der Waals surface area contributed by atoms with Crippen molar-refractivity contribution in [1.82, 2.24) is 14.2 Å². The van der Waals surface area contributed by atoms with E-state index in [-0.39, 0.29) is 22.3 Å². The van der Waals surface area contributed by atoms with Gasteiger partial charge >= 0.3 is 0 Å². The average molecular weight is 404 g/mol. The highest BCUT2D eigenvalue weighted by Crippen LogP contribution is 2.33. The van der Waals surface area contributed by atoms with Crippen LogP contribution in [0.15, 0.2) is 47.5 Å². The minimum atomic E-state index is -3.55. The van der Waals surface area contributed by atoms with Gasteiger partial charge in [-0.3, -0.25) is 4.79 Å². The molecule has 1 aromatic heterocycles. The largest absolute Gasteiger partial charge is 0.345 e. The van der Waals surface area contributed by atoms with Crippen molar-refractivity contribution in [3.05, 3.63) is 53.9 Å². The molecule has 0 spiro atoms. The minimum Gasteiger partial charge on any atom is -0.345 e. The fraction of sp³-hybridized carbons (Fsp3) is 0.476. The van der Waals surface area contributed by atoms with Crippen LogP contribution in [0.3, 0.4) is 0 Å². The lowest BCUT2D eigenvalue weighted by molar-refractivity contribution is 0.0893. The first-order valence-electron chi connectivity index (χ1n) is 9.63. The SMILES string of the molecule is Cn1cc(S(=O)(=O)N2CCCC2)cc1C(=O)NC(c1ccccc1)C(C)(C)C. The molecule has 1 fully saturated rings. The van der Waals surface area contributed by atoms with Gasteiger partial charge in [-0.1, -0.05) is 51.1 Å². The van der Waals surface area contributed by atoms with Crippen LogP contribution < -0.4 is 5.32 Å². The Hall–Kier alpha value is -2.12. The standard InChI is InChI=1S/C21H29N3O3S/c1-21(2,3)19(16-10-6-5-7-11-16)22-20(25)18-14-17(15-23(18)4)28(26,27)24-12-8-9-13-24/h5-7,10-11,14-15,19H,8-9,12-13H2,1-4H3,(H,22,25). The second kappa shape index (κ2) is 7.72. The molecule has 1 aromatic carbocycles. The molecule has 1 N–H and O–H groups in total. The lowest BCUT2D eigenvalue weighted by atomic mass is 9.82. The van der Waals surface area contributed by atoms with Crippen molar-refractivity contribution in [2.45, 2.75) is 44.6 Å². The van der Waals surface area contributed by atoms with E-state index in [9.17, 15) is 13.2 Å². The Labute approximate surface area is 167 Å². The maximum Gasteiger partial charge on any atom is 0.268 e. The van der Waals surface area contributed by atoms with E-state index in [4.69, 9.17) is 0 Å². The van der Waals surface area contributed by atoms with Crippen molar-refractivity contribution < 1.29 is 13.2 Å². The van der Waals surface area contributed by atoms with Crippen LogP contribution in [0.2, 0.25) is 0 Å². The smallest absolute Gasteiger partial charge is 0.268 e. The van der Waals surface area contributed by atoms with Gasteiger partial charge < -0.3 is 9.88 Å². The van der Waals surface area contributed by atoms with Crippen LogP contribution in [0.4, 0.5) is 0 Å². The zero-order valence-corrected chi connectivity index (χ0v) is 17.8. The number of amides is 1. The highest BCUT2D eigenvalue weighted by molar-refractivity contribution is 7.89. The van der Waals surface area contributed by atoms with Crippen LogP contribution in [-0.2, 0) is 17.1 Å². The van der Waals surface area contributed by atoms with Crippen LogP contribution in [0.1, 0.15) is 55.7 Å². The third-order valence-electron chi connectivity index (χ3n) is 5.19. The van der Waals surface area contributed by atoms with Gasteiger partial charge in [-0.2, -0.15) is 4.31 Å². The number of nitrogens with zero attached hydrogens (tertiary/aromatic N) is 2. The molecule has 0 aliphatic carbocycles. The molecule has 2 aromatic rings. The topological polar surface area (TPSA) is 71.4 Å². The van der Waals surface area contributed by atoms with Crippen LogP contribution in [0.25, 0.3) is 0 Å². The molecule has 6 nitrogen and oxygen atoms in total. The summed E-state index contributed by atoms with van der Waals surface area (Å²) < 4.78 is 28.7. The fourth-order valence-electron chi connectivity index (χ4n) is 3.63. The molecule has 1 atom stereocenters. The lowest BCUT2D eigenvalue weighted by Gasteiger charge is -2.32.